The highest BCUT2D eigenvalue weighted by Gasteiger charge is 2.19. The molecule has 0 atom stereocenters. The summed E-state index contributed by atoms with van der Waals surface area (Å²) in [5.41, 5.74) is 7.69. The average molecular weight is 153 g/mol. The molecule has 0 bridgehead atoms. The molecule has 0 aliphatic carbocycles. The van der Waals surface area contributed by atoms with Crippen molar-refractivity contribution in [3.05, 3.63) is 0 Å². The molecule has 1 heterocycles. The van der Waals surface area contributed by atoms with Crippen LogP contribution >= 0.6 is 0 Å². The number of rotatable bonds is 3. The highest BCUT2D eigenvalue weighted by molar-refractivity contribution is 6.08. The van der Waals surface area contributed by atoms with Crippen LogP contribution < -0.4 is 5.73 Å². The van der Waals surface area contributed by atoms with Crippen LogP contribution in [0.25, 0.3) is 0 Å². The summed E-state index contributed by atoms with van der Waals surface area (Å²) in [6.45, 7) is 4.82. The lowest BCUT2D eigenvalue weighted by Crippen LogP contribution is -2.16. The summed E-state index contributed by atoms with van der Waals surface area (Å²) < 4.78 is 0. The maximum Gasteiger partial charge on any atom is 0.0462 e. The second kappa shape index (κ2) is 3.62. The van der Waals surface area contributed by atoms with Crippen molar-refractivity contribution in [2.45, 2.75) is 26.7 Å². The van der Waals surface area contributed by atoms with Crippen LogP contribution in [0.5, 0.6) is 0 Å². The van der Waals surface area contributed by atoms with Crippen LogP contribution in [0.4, 0.5) is 0 Å². The van der Waals surface area contributed by atoms with Crippen molar-refractivity contribution in [1.82, 2.24) is 0 Å². The predicted molar refractivity (Wildman–Crippen MR) is 48.0 cm³/mol. The van der Waals surface area contributed by atoms with Crippen LogP contribution in [-0.2, 0) is 0 Å². The molecule has 0 spiro atoms. The van der Waals surface area contributed by atoms with Crippen LogP contribution in [-0.4, -0.2) is 18.0 Å². The highest BCUT2D eigenvalue weighted by atomic mass is 15.2. The summed E-state index contributed by atoms with van der Waals surface area (Å²) in [7, 11) is 0. The molecule has 0 radical (unpaired) electrons. The lowest BCUT2D eigenvalue weighted by molar-refractivity contribution is 0.712. The molecule has 0 aromatic rings. The summed E-state index contributed by atoms with van der Waals surface area (Å²) in [6, 6.07) is 0. The third-order valence-corrected chi connectivity index (χ3v) is 2.07. The fourth-order valence-corrected chi connectivity index (χ4v) is 1.34. The van der Waals surface area contributed by atoms with Gasteiger partial charge in [0, 0.05) is 17.3 Å². The van der Waals surface area contributed by atoms with Gasteiger partial charge in [0.2, 0.25) is 0 Å². The zero-order valence-corrected chi connectivity index (χ0v) is 7.17. The molecule has 0 aromatic heterocycles. The lowest BCUT2D eigenvalue weighted by Gasteiger charge is -2.08. The van der Waals surface area contributed by atoms with E-state index >= 15 is 0 Å². The molecular weight excluding hydrogens is 138 g/mol. The van der Waals surface area contributed by atoms with E-state index in [9.17, 15) is 0 Å². The molecule has 1 aliphatic rings. The van der Waals surface area contributed by atoms with Gasteiger partial charge < -0.3 is 5.73 Å². The molecule has 3 nitrogen and oxygen atoms in total. The normalized spacial score (nSPS) is 18.5. The Labute approximate surface area is 67.4 Å². The van der Waals surface area contributed by atoms with Gasteiger partial charge in [-0.2, -0.15) is 10.2 Å². The Hall–Kier alpha value is -0.700. The van der Waals surface area contributed by atoms with Crippen molar-refractivity contribution in [3.63, 3.8) is 0 Å². The Kier molecular flexibility index (Phi) is 2.76. The van der Waals surface area contributed by atoms with Gasteiger partial charge in [-0.05, 0) is 33.2 Å². The van der Waals surface area contributed by atoms with Crippen molar-refractivity contribution in [2.75, 3.05) is 6.54 Å². The first-order valence-electron chi connectivity index (χ1n) is 4.04. The van der Waals surface area contributed by atoms with Gasteiger partial charge in [0.15, 0.2) is 0 Å². The van der Waals surface area contributed by atoms with Gasteiger partial charge in [0.05, 0.1) is 0 Å². The first kappa shape index (κ1) is 8.40. The Morgan fingerprint density at radius 1 is 1.27 bits per heavy atom. The Balaban J connectivity index is 2.44. The molecular formula is C8H15N3. The zero-order chi connectivity index (χ0) is 8.27. The van der Waals surface area contributed by atoms with E-state index in [-0.39, 0.29) is 0 Å². The maximum absolute atomic E-state index is 5.42. The minimum Gasteiger partial charge on any atom is -0.330 e. The first-order valence-corrected chi connectivity index (χ1v) is 4.04. The molecule has 0 saturated carbocycles. The molecule has 0 aromatic carbocycles. The number of nitrogens with zero attached hydrogens (tertiary/aromatic N) is 2. The van der Waals surface area contributed by atoms with E-state index in [2.05, 4.69) is 10.2 Å². The molecule has 0 amide bonds. The monoisotopic (exact) mass is 153 g/mol. The lowest BCUT2D eigenvalue weighted by atomic mass is 9.95. The fourth-order valence-electron chi connectivity index (χ4n) is 1.34. The standard InChI is InChI=1S/C8H15N3/c1-6-8(4-3-5-9)7(2)11-10-6/h8H,3-5,9H2,1-2H3. The van der Waals surface area contributed by atoms with E-state index in [1.165, 1.54) is 0 Å². The van der Waals surface area contributed by atoms with Crippen LogP contribution in [0, 0.1) is 5.92 Å². The Morgan fingerprint density at radius 3 is 2.27 bits per heavy atom. The first-order chi connectivity index (χ1) is 5.25. The van der Waals surface area contributed by atoms with Crippen molar-refractivity contribution in [2.24, 2.45) is 21.9 Å². The van der Waals surface area contributed by atoms with Crippen molar-refractivity contribution in [3.8, 4) is 0 Å². The van der Waals surface area contributed by atoms with Gasteiger partial charge in [0.1, 0.15) is 0 Å². The van der Waals surface area contributed by atoms with E-state index in [1.807, 2.05) is 13.8 Å². The van der Waals surface area contributed by atoms with Crippen molar-refractivity contribution < 1.29 is 0 Å². The molecule has 1 rings (SSSR count). The second-order valence-corrected chi connectivity index (χ2v) is 2.97. The molecule has 11 heavy (non-hydrogen) atoms. The average Bonchev–Trinajstić information content (AvgIpc) is 2.29. The number of hydrogen-bond acceptors (Lipinski definition) is 3. The Bertz CT molecular complexity index is 176. The quantitative estimate of drug-likeness (QED) is 0.650. The molecule has 62 valence electrons. The van der Waals surface area contributed by atoms with Gasteiger partial charge in [0.25, 0.3) is 0 Å². The van der Waals surface area contributed by atoms with E-state index in [4.69, 9.17) is 5.73 Å². The van der Waals surface area contributed by atoms with Gasteiger partial charge in [-0.1, -0.05) is 0 Å². The van der Waals surface area contributed by atoms with Crippen LogP contribution in [0.3, 0.4) is 0 Å². The molecule has 2 N–H and O–H groups in total. The van der Waals surface area contributed by atoms with E-state index in [0.29, 0.717) is 5.92 Å². The summed E-state index contributed by atoms with van der Waals surface area (Å²) in [6.07, 6.45) is 2.16. The van der Waals surface area contributed by atoms with E-state index in [1.54, 1.807) is 0 Å². The van der Waals surface area contributed by atoms with Crippen molar-refractivity contribution >= 4 is 11.4 Å². The molecule has 3 heteroatoms. The largest absolute Gasteiger partial charge is 0.330 e. The van der Waals surface area contributed by atoms with Crippen molar-refractivity contribution in [1.29, 1.82) is 0 Å². The molecule has 0 fully saturated rings. The highest BCUT2D eigenvalue weighted by Crippen LogP contribution is 2.16. The summed E-state index contributed by atoms with van der Waals surface area (Å²) in [5.74, 6) is 0.471. The third kappa shape index (κ3) is 1.87. The van der Waals surface area contributed by atoms with Gasteiger partial charge in [-0.25, -0.2) is 0 Å². The van der Waals surface area contributed by atoms with E-state index in [0.717, 1.165) is 30.8 Å². The van der Waals surface area contributed by atoms with E-state index < -0.39 is 0 Å². The van der Waals surface area contributed by atoms with Crippen LogP contribution in [0.1, 0.15) is 26.7 Å². The van der Waals surface area contributed by atoms with Gasteiger partial charge in [-0.15, -0.1) is 0 Å². The predicted octanol–water partition coefficient (Wildman–Crippen LogP) is 1.19. The zero-order valence-electron chi connectivity index (χ0n) is 7.17. The summed E-state index contributed by atoms with van der Waals surface area (Å²) >= 11 is 0. The second-order valence-electron chi connectivity index (χ2n) is 2.97. The maximum atomic E-state index is 5.42. The van der Waals surface area contributed by atoms with Crippen LogP contribution in [0.15, 0.2) is 10.2 Å². The minimum atomic E-state index is 0.471. The van der Waals surface area contributed by atoms with Crippen LogP contribution in [0.2, 0.25) is 0 Å². The van der Waals surface area contributed by atoms with Gasteiger partial charge >= 0.3 is 0 Å². The number of hydrogen-bond donors (Lipinski definition) is 1. The molecule has 1 aliphatic heterocycles. The number of nitrogens with two attached hydrogens (primary N) is 1. The topological polar surface area (TPSA) is 50.7 Å². The third-order valence-electron chi connectivity index (χ3n) is 2.07. The smallest absolute Gasteiger partial charge is 0.0462 e. The fraction of sp³-hybridized carbons (Fsp3) is 0.750. The summed E-state index contributed by atoms with van der Waals surface area (Å²) in [4.78, 5) is 0. The Morgan fingerprint density at radius 2 is 1.82 bits per heavy atom. The minimum absolute atomic E-state index is 0.471. The molecule has 0 unspecified atom stereocenters. The SMILES string of the molecule is CC1=NN=C(C)C1CCCN. The molecule has 0 saturated heterocycles. The van der Waals surface area contributed by atoms with Gasteiger partial charge in [-0.3, -0.25) is 0 Å². The summed E-state index contributed by atoms with van der Waals surface area (Å²) in [5, 5.41) is 8.03.